The lowest BCUT2D eigenvalue weighted by molar-refractivity contribution is -0.929. The van der Waals surface area contributed by atoms with Gasteiger partial charge in [0.1, 0.15) is 13.1 Å². The van der Waals surface area contributed by atoms with Crippen LogP contribution in [0.2, 0.25) is 0 Å². The van der Waals surface area contributed by atoms with Crippen LogP contribution >= 0.6 is 0 Å². The quantitative estimate of drug-likeness (QED) is 0.644. The monoisotopic (exact) mass is 418 g/mol. The summed E-state index contributed by atoms with van der Waals surface area (Å²) in [6, 6.07) is 18.0. The molecule has 160 valence electrons. The first kappa shape index (κ1) is 21.0. The van der Waals surface area contributed by atoms with Crippen LogP contribution in [0.3, 0.4) is 0 Å². The van der Waals surface area contributed by atoms with Gasteiger partial charge < -0.3 is 14.5 Å². The van der Waals surface area contributed by atoms with Crippen LogP contribution in [0.15, 0.2) is 54.6 Å². The molecule has 2 atom stereocenters. The average Bonchev–Trinajstić information content (AvgIpc) is 2.77. The number of esters is 1. The van der Waals surface area contributed by atoms with Crippen LogP contribution in [0.25, 0.3) is 10.9 Å². The highest BCUT2D eigenvalue weighted by Crippen LogP contribution is 2.26. The number of nitrogens with one attached hydrogen (secondary N) is 1. The number of pyridine rings is 1. The second kappa shape index (κ2) is 8.86. The zero-order valence-corrected chi connectivity index (χ0v) is 18.2. The molecule has 31 heavy (non-hydrogen) atoms. The van der Waals surface area contributed by atoms with Gasteiger partial charge >= 0.3 is 5.97 Å². The summed E-state index contributed by atoms with van der Waals surface area (Å²) in [4.78, 5) is 33.2. The number of quaternary nitrogens is 1. The summed E-state index contributed by atoms with van der Waals surface area (Å²) in [5.41, 5.74) is 4.49. The summed E-state index contributed by atoms with van der Waals surface area (Å²) >= 11 is 0. The van der Waals surface area contributed by atoms with Gasteiger partial charge in [-0.05, 0) is 13.0 Å². The molecule has 1 aliphatic rings. The SMILES string of the molecule is C[C@H](OC(=O)c1c2c(nc3ccccc13)CC[NH+](Cc1ccccc1)C2)C(=O)N(C)C. The van der Waals surface area contributed by atoms with Gasteiger partial charge in [0.15, 0.2) is 6.10 Å². The molecule has 1 aromatic heterocycles. The van der Waals surface area contributed by atoms with E-state index in [9.17, 15) is 9.59 Å². The van der Waals surface area contributed by atoms with Crippen LogP contribution in [0.4, 0.5) is 0 Å². The smallest absolute Gasteiger partial charge is 0.340 e. The Morgan fingerprint density at radius 2 is 1.81 bits per heavy atom. The first-order valence-electron chi connectivity index (χ1n) is 10.6. The molecule has 0 bridgehead atoms. The predicted molar refractivity (Wildman–Crippen MR) is 119 cm³/mol. The Balaban J connectivity index is 1.69. The molecule has 0 saturated carbocycles. The molecule has 6 heteroatoms. The molecular weight excluding hydrogens is 390 g/mol. The molecule has 0 aliphatic carbocycles. The number of hydrogen-bond donors (Lipinski definition) is 1. The maximum Gasteiger partial charge on any atom is 0.340 e. The maximum absolute atomic E-state index is 13.3. The van der Waals surface area contributed by atoms with E-state index in [-0.39, 0.29) is 5.91 Å². The van der Waals surface area contributed by atoms with Crippen LogP contribution in [0, 0.1) is 0 Å². The van der Waals surface area contributed by atoms with Crippen molar-refractivity contribution in [3.8, 4) is 0 Å². The summed E-state index contributed by atoms with van der Waals surface area (Å²) in [7, 11) is 3.31. The first-order valence-corrected chi connectivity index (χ1v) is 10.6. The van der Waals surface area contributed by atoms with E-state index in [1.54, 1.807) is 21.0 Å². The van der Waals surface area contributed by atoms with E-state index in [1.807, 2.05) is 42.5 Å². The molecule has 0 saturated heterocycles. The average molecular weight is 419 g/mol. The van der Waals surface area contributed by atoms with E-state index < -0.39 is 12.1 Å². The van der Waals surface area contributed by atoms with Crippen LogP contribution in [0.1, 0.15) is 34.1 Å². The standard InChI is InChI=1S/C25H27N3O3/c1-17(24(29)27(2)3)31-25(30)23-19-11-7-8-12-21(19)26-22-13-14-28(16-20(22)23)15-18-9-5-4-6-10-18/h4-12,17H,13-16H2,1-3H3/p+1/t17-/m0/s1. The number of benzene rings is 2. The van der Waals surface area contributed by atoms with E-state index in [4.69, 9.17) is 9.72 Å². The van der Waals surface area contributed by atoms with Gasteiger partial charge in [-0.25, -0.2) is 4.79 Å². The number of fused-ring (bicyclic) bond motifs is 2. The van der Waals surface area contributed by atoms with Gasteiger partial charge in [0.05, 0.1) is 23.3 Å². The molecule has 0 spiro atoms. The summed E-state index contributed by atoms with van der Waals surface area (Å²) in [5.74, 6) is -0.699. The summed E-state index contributed by atoms with van der Waals surface area (Å²) in [6.45, 7) is 4.15. The number of carbonyl (C=O) groups is 2. The van der Waals surface area contributed by atoms with E-state index in [0.29, 0.717) is 12.1 Å². The first-order chi connectivity index (χ1) is 14.9. The van der Waals surface area contributed by atoms with E-state index in [0.717, 1.165) is 41.7 Å². The molecule has 1 amide bonds. The molecule has 4 rings (SSSR count). The van der Waals surface area contributed by atoms with Crippen molar-refractivity contribution in [3.05, 3.63) is 77.0 Å². The number of ether oxygens (including phenoxy) is 1. The predicted octanol–water partition coefficient (Wildman–Crippen LogP) is 2.01. The number of likely N-dealkylation sites (N-methyl/N-ethyl adjacent to an activating group) is 1. The van der Waals surface area contributed by atoms with Crippen LogP contribution in [-0.4, -0.2) is 48.5 Å². The van der Waals surface area contributed by atoms with Crippen LogP contribution in [-0.2, 0) is 29.0 Å². The Hall–Kier alpha value is -3.25. The highest BCUT2D eigenvalue weighted by Gasteiger charge is 2.30. The summed E-state index contributed by atoms with van der Waals surface area (Å²) in [5, 5.41) is 0.775. The van der Waals surface area contributed by atoms with Crippen molar-refractivity contribution in [2.45, 2.75) is 32.5 Å². The van der Waals surface area contributed by atoms with E-state index in [2.05, 4.69) is 12.1 Å². The van der Waals surface area contributed by atoms with Crippen molar-refractivity contribution in [1.29, 1.82) is 0 Å². The number of aromatic nitrogens is 1. The minimum Gasteiger partial charge on any atom is -0.449 e. The highest BCUT2D eigenvalue weighted by molar-refractivity contribution is 6.05. The molecule has 1 N–H and O–H groups in total. The molecule has 0 radical (unpaired) electrons. The molecule has 2 aromatic carbocycles. The van der Waals surface area contributed by atoms with Crippen molar-refractivity contribution in [2.75, 3.05) is 20.6 Å². The van der Waals surface area contributed by atoms with Gasteiger partial charge in [-0.3, -0.25) is 9.78 Å². The largest absolute Gasteiger partial charge is 0.449 e. The van der Waals surface area contributed by atoms with Gasteiger partial charge in [-0.1, -0.05) is 48.5 Å². The third-order valence-corrected chi connectivity index (χ3v) is 5.79. The molecular formula is C25H28N3O3+. The lowest BCUT2D eigenvalue weighted by Gasteiger charge is -2.28. The second-order valence-corrected chi connectivity index (χ2v) is 8.30. The fraction of sp³-hybridized carbons (Fsp3) is 0.320. The van der Waals surface area contributed by atoms with E-state index >= 15 is 0 Å². The van der Waals surface area contributed by atoms with Crippen molar-refractivity contribution >= 4 is 22.8 Å². The van der Waals surface area contributed by atoms with Gasteiger partial charge in [0.25, 0.3) is 5.91 Å². The third-order valence-electron chi connectivity index (χ3n) is 5.79. The van der Waals surface area contributed by atoms with Gasteiger partial charge in [-0.2, -0.15) is 0 Å². The Morgan fingerprint density at radius 1 is 1.10 bits per heavy atom. The Kier molecular flexibility index (Phi) is 6.00. The molecule has 1 aliphatic heterocycles. The van der Waals surface area contributed by atoms with Crippen molar-refractivity contribution in [3.63, 3.8) is 0 Å². The van der Waals surface area contributed by atoms with Crippen molar-refractivity contribution in [2.24, 2.45) is 0 Å². The van der Waals surface area contributed by atoms with Gasteiger partial charge in [0.2, 0.25) is 0 Å². The summed E-state index contributed by atoms with van der Waals surface area (Å²) < 4.78 is 5.62. The number of para-hydroxylation sites is 1. The van der Waals surface area contributed by atoms with Crippen LogP contribution < -0.4 is 4.90 Å². The molecule has 1 unspecified atom stereocenters. The lowest BCUT2D eigenvalue weighted by Crippen LogP contribution is -3.10. The minimum absolute atomic E-state index is 0.239. The number of amides is 1. The van der Waals surface area contributed by atoms with Gasteiger partial charge in [-0.15, -0.1) is 0 Å². The Bertz CT molecular complexity index is 1110. The van der Waals surface area contributed by atoms with Crippen LogP contribution in [0.5, 0.6) is 0 Å². The molecule has 2 heterocycles. The maximum atomic E-state index is 13.3. The second-order valence-electron chi connectivity index (χ2n) is 8.30. The summed E-state index contributed by atoms with van der Waals surface area (Å²) in [6.07, 6.45) is -0.0455. The third kappa shape index (κ3) is 4.44. The normalized spacial score (nSPS) is 16.4. The highest BCUT2D eigenvalue weighted by atomic mass is 16.5. The number of hydrogen-bond acceptors (Lipinski definition) is 4. The Morgan fingerprint density at radius 3 is 2.55 bits per heavy atom. The van der Waals surface area contributed by atoms with E-state index in [1.165, 1.54) is 15.4 Å². The Labute approximate surface area is 182 Å². The number of carbonyl (C=O) groups excluding carboxylic acids is 2. The fourth-order valence-corrected chi connectivity index (χ4v) is 4.24. The zero-order chi connectivity index (χ0) is 22.0. The topological polar surface area (TPSA) is 63.9 Å². The molecule has 0 fully saturated rings. The van der Waals surface area contributed by atoms with Gasteiger partial charge in [0, 0.05) is 37.0 Å². The van der Waals surface area contributed by atoms with Crippen molar-refractivity contribution < 1.29 is 19.2 Å². The number of nitrogens with zero attached hydrogens (tertiary/aromatic N) is 2. The zero-order valence-electron chi connectivity index (χ0n) is 18.2. The number of rotatable bonds is 5. The molecule has 3 aromatic rings. The molecule has 6 nitrogen and oxygen atoms in total. The fourth-order valence-electron chi connectivity index (χ4n) is 4.24. The lowest BCUT2D eigenvalue weighted by atomic mass is 9.95. The van der Waals surface area contributed by atoms with Crippen molar-refractivity contribution in [1.82, 2.24) is 9.88 Å². The minimum atomic E-state index is -0.846.